The van der Waals surface area contributed by atoms with Gasteiger partial charge in [-0.3, -0.25) is 9.78 Å². The highest BCUT2D eigenvalue weighted by molar-refractivity contribution is 5.77. The van der Waals surface area contributed by atoms with Gasteiger partial charge in [0.25, 0.3) is 5.91 Å². The van der Waals surface area contributed by atoms with Crippen LogP contribution in [0, 0.1) is 0 Å². The summed E-state index contributed by atoms with van der Waals surface area (Å²) in [5.74, 6) is 1.45. The molecule has 2 aromatic carbocycles. The van der Waals surface area contributed by atoms with Crippen molar-refractivity contribution in [2.75, 3.05) is 6.61 Å². The van der Waals surface area contributed by atoms with E-state index in [0.717, 1.165) is 53.1 Å². The summed E-state index contributed by atoms with van der Waals surface area (Å²) in [7, 11) is 0. The summed E-state index contributed by atoms with van der Waals surface area (Å²) in [5, 5.41) is 2.91. The molecule has 0 radical (unpaired) electrons. The molecule has 0 atom stereocenters. The molecule has 0 unspecified atom stereocenters. The molecule has 4 rings (SSSR count). The van der Waals surface area contributed by atoms with E-state index in [4.69, 9.17) is 9.47 Å². The van der Waals surface area contributed by atoms with Crippen molar-refractivity contribution < 1.29 is 14.3 Å². The molecular formula is C25H26N2O3. The first kappa shape index (κ1) is 20.0. The quantitative estimate of drug-likeness (QED) is 0.612. The number of hydrogen-bond donors (Lipinski definition) is 1. The van der Waals surface area contributed by atoms with Gasteiger partial charge in [-0.1, -0.05) is 42.5 Å². The second-order valence-corrected chi connectivity index (χ2v) is 7.43. The topological polar surface area (TPSA) is 60.5 Å². The highest BCUT2D eigenvalue weighted by Gasteiger charge is 2.15. The van der Waals surface area contributed by atoms with Gasteiger partial charge in [0.1, 0.15) is 18.1 Å². The number of nitrogens with one attached hydrogen (secondary N) is 1. The molecule has 1 aliphatic rings. The highest BCUT2D eigenvalue weighted by atomic mass is 16.5. The smallest absolute Gasteiger partial charge is 0.258 e. The van der Waals surface area contributed by atoms with Gasteiger partial charge in [-0.2, -0.15) is 0 Å². The third-order valence-corrected chi connectivity index (χ3v) is 5.21. The molecule has 0 bridgehead atoms. The summed E-state index contributed by atoms with van der Waals surface area (Å²) in [6.45, 7) is 0.997. The first-order valence-corrected chi connectivity index (χ1v) is 10.4. The number of nitrogens with zero attached hydrogens (tertiary/aromatic N) is 1. The van der Waals surface area contributed by atoms with Gasteiger partial charge in [0, 0.05) is 24.0 Å². The molecule has 0 fully saturated rings. The zero-order valence-electron chi connectivity index (χ0n) is 17.0. The third-order valence-electron chi connectivity index (χ3n) is 5.21. The molecule has 0 saturated heterocycles. The van der Waals surface area contributed by atoms with Crippen LogP contribution in [0.4, 0.5) is 0 Å². The lowest BCUT2D eigenvalue weighted by Crippen LogP contribution is -2.28. The Hall–Kier alpha value is -3.34. The molecule has 5 nitrogen and oxygen atoms in total. The fourth-order valence-corrected chi connectivity index (χ4v) is 3.57. The number of hydrogen-bond acceptors (Lipinski definition) is 4. The van der Waals surface area contributed by atoms with Crippen molar-refractivity contribution in [1.29, 1.82) is 0 Å². The molecule has 5 heteroatoms. The summed E-state index contributed by atoms with van der Waals surface area (Å²) in [6.07, 6.45) is 6.04. The molecule has 3 aromatic rings. The Kier molecular flexibility index (Phi) is 6.60. The predicted molar refractivity (Wildman–Crippen MR) is 115 cm³/mol. The van der Waals surface area contributed by atoms with Crippen molar-refractivity contribution in [2.45, 2.75) is 38.8 Å². The van der Waals surface area contributed by atoms with Gasteiger partial charge in [0.05, 0.1) is 0 Å². The van der Waals surface area contributed by atoms with Crippen LogP contribution in [0.5, 0.6) is 11.5 Å². The van der Waals surface area contributed by atoms with Gasteiger partial charge in [0.2, 0.25) is 0 Å². The Morgan fingerprint density at radius 2 is 1.70 bits per heavy atom. The largest absolute Gasteiger partial charge is 0.489 e. The second-order valence-electron chi connectivity index (χ2n) is 7.43. The van der Waals surface area contributed by atoms with E-state index < -0.39 is 0 Å². The third kappa shape index (κ3) is 5.38. The van der Waals surface area contributed by atoms with E-state index in [1.165, 1.54) is 6.42 Å². The summed E-state index contributed by atoms with van der Waals surface area (Å²) in [4.78, 5) is 16.6. The van der Waals surface area contributed by atoms with Crippen LogP contribution in [-0.4, -0.2) is 17.5 Å². The summed E-state index contributed by atoms with van der Waals surface area (Å²) in [6, 6.07) is 19.7. The fraction of sp³-hybridized carbons (Fsp3) is 0.280. The van der Waals surface area contributed by atoms with Crippen LogP contribution in [0.2, 0.25) is 0 Å². The van der Waals surface area contributed by atoms with Gasteiger partial charge in [-0.05, 0) is 55.0 Å². The number of aromatic nitrogens is 1. The van der Waals surface area contributed by atoms with E-state index in [1.54, 1.807) is 6.20 Å². The molecule has 1 heterocycles. The zero-order valence-corrected chi connectivity index (χ0v) is 17.0. The summed E-state index contributed by atoms with van der Waals surface area (Å²) < 4.78 is 11.6. The first-order valence-electron chi connectivity index (χ1n) is 10.4. The van der Waals surface area contributed by atoms with Gasteiger partial charge < -0.3 is 14.8 Å². The van der Waals surface area contributed by atoms with Gasteiger partial charge in [-0.15, -0.1) is 0 Å². The van der Waals surface area contributed by atoms with Crippen molar-refractivity contribution in [3.8, 4) is 11.5 Å². The van der Waals surface area contributed by atoms with Crippen molar-refractivity contribution >= 4 is 5.91 Å². The lowest BCUT2D eigenvalue weighted by Gasteiger charge is -2.18. The van der Waals surface area contributed by atoms with E-state index >= 15 is 0 Å². The van der Waals surface area contributed by atoms with Gasteiger partial charge >= 0.3 is 0 Å². The van der Waals surface area contributed by atoms with E-state index in [-0.39, 0.29) is 12.5 Å². The number of pyridine rings is 1. The molecule has 1 amide bonds. The zero-order chi connectivity index (χ0) is 20.6. The Labute approximate surface area is 177 Å². The predicted octanol–water partition coefficient (Wildman–Crippen LogP) is 4.23. The maximum absolute atomic E-state index is 12.2. The summed E-state index contributed by atoms with van der Waals surface area (Å²) >= 11 is 0. The van der Waals surface area contributed by atoms with Crippen molar-refractivity contribution in [2.24, 2.45) is 0 Å². The molecule has 1 N–H and O–H groups in total. The minimum atomic E-state index is -0.138. The Morgan fingerprint density at radius 3 is 2.53 bits per heavy atom. The van der Waals surface area contributed by atoms with Crippen LogP contribution in [0.25, 0.3) is 0 Å². The van der Waals surface area contributed by atoms with Crippen LogP contribution < -0.4 is 14.8 Å². The average molecular weight is 402 g/mol. The number of fused-ring (bicyclic) bond motifs is 1. The minimum Gasteiger partial charge on any atom is -0.489 e. The molecule has 30 heavy (non-hydrogen) atoms. The van der Waals surface area contributed by atoms with Crippen LogP contribution in [0.1, 0.15) is 35.2 Å². The molecule has 0 spiro atoms. The van der Waals surface area contributed by atoms with E-state index in [0.29, 0.717) is 13.2 Å². The number of aryl methyl sites for hydroxylation is 1. The molecule has 1 aromatic heterocycles. The fourth-order valence-electron chi connectivity index (χ4n) is 3.57. The van der Waals surface area contributed by atoms with Crippen molar-refractivity contribution in [3.05, 3.63) is 89.2 Å². The maximum Gasteiger partial charge on any atom is 0.258 e. The van der Waals surface area contributed by atoms with Gasteiger partial charge in [-0.25, -0.2) is 0 Å². The van der Waals surface area contributed by atoms with E-state index in [9.17, 15) is 4.79 Å². The first-order chi connectivity index (χ1) is 14.8. The highest BCUT2D eigenvalue weighted by Crippen LogP contribution is 2.27. The molecule has 1 aliphatic carbocycles. The van der Waals surface area contributed by atoms with Crippen LogP contribution in [-0.2, 0) is 30.8 Å². The SMILES string of the molecule is O=C(COc1ccnc2c1CCCC2)NCc1ccc(OCc2ccccc2)cc1. The molecule has 0 aliphatic heterocycles. The number of benzene rings is 2. The molecular weight excluding hydrogens is 376 g/mol. The van der Waals surface area contributed by atoms with Crippen LogP contribution in [0.3, 0.4) is 0 Å². The monoisotopic (exact) mass is 402 g/mol. The van der Waals surface area contributed by atoms with Crippen molar-refractivity contribution in [1.82, 2.24) is 10.3 Å². The van der Waals surface area contributed by atoms with Gasteiger partial charge in [0.15, 0.2) is 6.61 Å². The van der Waals surface area contributed by atoms with Crippen LogP contribution in [0.15, 0.2) is 66.9 Å². The number of amides is 1. The average Bonchev–Trinajstić information content (AvgIpc) is 2.81. The molecule has 154 valence electrons. The number of carbonyl (C=O) groups is 1. The lowest BCUT2D eigenvalue weighted by atomic mass is 9.95. The Balaban J connectivity index is 1.22. The number of rotatable bonds is 8. The Morgan fingerprint density at radius 1 is 0.900 bits per heavy atom. The summed E-state index contributed by atoms with van der Waals surface area (Å²) in [5.41, 5.74) is 4.40. The molecule has 0 saturated carbocycles. The second kappa shape index (κ2) is 9.92. The number of carbonyl (C=O) groups excluding carboxylic acids is 1. The maximum atomic E-state index is 12.2. The van der Waals surface area contributed by atoms with Crippen molar-refractivity contribution in [3.63, 3.8) is 0 Å². The lowest BCUT2D eigenvalue weighted by molar-refractivity contribution is -0.123. The van der Waals surface area contributed by atoms with E-state index in [1.807, 2.05) is 60.7 Å². The van der Waals surface area contributed by atoms with Crippen LogP contribution >= 0.6 is 0 Å². The minimum absolute atomic E-state index is 0.00865. The Bertz CT molecular complexity index is 971. The normalized spacial score (nSPS) is 12.7. The van der Waals surface area contributed by atoms with E-state index in [2.05, 4.69) is 10.3 Å². The number of ether oxygens (including phenoxy) is 2. The standard InChI is InChI=1S/C25H26N2O3/c28-25(18-30-24-14-15-26-23-9-5-4-8-22(23)24)27-16-19-10-12-21(13-11-19)29-17-20-6-2-1-3-7-20/h1-3,6-7,10-15H,4-5,8-9,16-18H2,(H,27,28).